The van der Waals surface area contributed by atoms with Crippen molar-refractivity contribution in [1.82, 2.24) is 0 Å². The van der Waals surface area contributed by atoms with Gasteiger partial charge in [0.1, 0.15) is 5.75 Å². The van der Waals surface area contributed by atoms with Gasteiger partial charge in [0.25, 0.3) is 6.43 Å². The summed E-state index contributed by atoms with van der Waals surface area (Å²) in [4.78, 5) is 10.8. The Morgan fingerprint density at radius 2 is 2.06 bits per heavy atom. The summed E-state index contributed by atoms with van der Waals surface area (Å²) in [6.45, 7) is -0.192. The second-order valence-electron chi connectivity index (χ2n) is 3.25. The molecule has 0 spiro atoms. The number of phenols is 1. The molecule has 0 bridgehead atoms. The maximum absolute atomic E-state index is 12.4. The summed E-state index contributed by atoms with van der Waals surface area (Å²) in [5, 5.41) is 17.9. The van der Waals surface area contributed by atoms with Crippen LogP contribution in [0.1, 0.15) is 23.5 Å². The highest BCUT2D eigenvalue weighted by Crippen LogP contribution is 2.30. The summed E-state index contributed by atoms with van der Waals surface area (Å²) < 4.78 is 24.9. The van der Waals surface area contributed by atoms with Crippen molar-refractivity contribution >= 4 is 5.97 Å². The topological polar surface area (TPSA) is 83.6 Å². The normalized spacial score (nSPS) is 12.8. The molecule has 88 valence electrons. The van der Waals surface area contributed by atoms with Gasteiger partial charge in [0.05, 0.1) is 11.5 Å². The summed E-state index contributed by atoms with van der Waals surface area (Å²) in [6.07, 6.45) is -2.85. The van der Waals surface area contributed by atoms with Crippen molar-refractivity contribution in [3.63, 3.8) is 0 Å². The van der Waals surface area contributed by atoms with Crippen LogP contribution in [0.2, 0.25) is 0 Å². The van der Waals surface area contributed by atoms with Gasteiger partial charge in [-0.2, -0.15) is 0 Å². The largest absolute Gasteiger partial charge is 0.507 e. The van der Waals surface area contributed by atoms with E-state index in [1.807, 2.05) is 0 Å². The van der Waals surface area contributed by atoms with Gasteiger partial charge in [-0.25, -0.2) is 8.78 Å². The van der Waals surface area contributed by atoms with Crippen molar-refractivity contribution in [3.8, 4) is 5.75 Å². The number of carboxylic acids is 1. The van der Waals surface area contributed by atoms with Gasteiger partial charge in [-0.05, 0) is 17.7 Å². The van der Waals surface area contributed by atoms with E-state index in [9.17, 15) is 13.6 Å². The first-order valence-corrected chi connectivity index (χ1v) is 4.51. The van der Waals surface area contributed by atoms with E-state index in [-0.39, 0.29) is 12.1 Å². The summed E-state index contributed by atoms with van der Waals surface area (Å²) in [6, 6.07) is 3.28. The zero-order chi connectivity index (χ0) is 12.3. The Kier molecular flexibility index (Phi) is 3.78. The SMILES string of the molecule is NCC(C(=O)O)c1ccc(O)c(C(F)F)c1. The van der Waals surface area contributed by atoms with E-state index in [2.05, 4.69) is 0 Å². The highest BCUT2D eigenvalue weighted by atomic mass is 19.3. The summed E-state index contributed by atoms with van der Waals surface area (Å²) in [5.74, 6) is -2.79. The molecule has 1 rings (SSSR count). The van der Waals surface area contributed by atoms with E-state index < -0.39 is 29.6 Å². The zero-order valence-corrected chi connectivity index (χ0v) is 8.23. The molecule has 4 N–H and O–H groups in total. The molecule has 4 nitrogen and oxygen atoms in total. The predicted molar refractivity (Wildman–Crippen MR) is 52.5 cm³/mol. The van der Waals surface area contributed by atoms with E-state index in [0.717, 1.165) is 12.1 Å². The molecule has 0 fully saturated rings. The van der Waals surface area contributed by atoms with Crippen LogP contribution in [-0.2, 0) is 4.79 Å². The first kappa shape index (κ1) is 12.4. The van der Waals surface area contributed by atoms with Gasteiger partial charge in [-0.3, -0.25) is 4.79 Å². The van der Waals surface area contributed by atoms with Gasteiger partial charge in [0.15, 0.2) is 0 Å². The molecule has 0 aliphatic rings. The molecule has 0 aliphatic heterocycles. The molecule has 0 saturated heterocycles. The Hall–Kier alpha value is -1.69. The Balaban J connectivity index is 3.15. The monoisotopic (exact) mass is 231 g/mol. The maximum atomic E-state index is 12.4. The molecule has 0 saturated carbocycles. The van der Waals surface area contributed by atoms with Crippen LogP contribution in [0.15, 0.2) is 18.2 Å². The number of carbonyl (C=O) groups is 1. The lowest BCUT2D eigenvalue weighted by molar-refractivity contribution is -0.138. The van der Waals surface area contributed by atoms with Crippen LogP contribution in [-0.4, -0.2) is 22.7 Å². The van der Waals surface area contributed by atoms with Gasteiger partial charge in [-0.15, -0.1) is 0 Å². The molecular formula is C10H11F2NO3. The highest BCUT2D eigenvalue weighted by molar-refractivity contribution is 5.76. The summed E-state index contributed by atoms with van der Waals surface area (Å²) in [5.41, 5.74) is 4.81. The molecule has 0 amide bonds. The minimum absolute atomic E-state index is 0.156. The van der Waals surface area contributed by atoms with Crippen LogP contribution in [0, 0.1) is 0 Å². The van der Waals surface area contributed by atoms with Crippen molar-refractivity contribution < 1.29 is 23.8 Å². The second-order valence-corrected chi connectivity index (χ2v) is 3.25. The van der Waals surface area contributed by atoms with Crippen molar-refractivity contribution in [2.75, 3.05) is 6.54 Å². The Bertz CT molecular complexity index is 396. The first-order valence-electron chi connectivity index (χ1n) is 4.51. The van der Waals surface area contributed by atoms with E-state index in [0.29, 0.717) is 0 Å². The van der Waals surface area contributed by atoms with E-state index in [4.69, 9.17) is 15.9 Å². The van der Waals surface area contributed by atoms with Crippen molar-refractivity contribution in [2.45, 2.75) is 12.3 Å². The van der Waals surface area contributed by atoms with Crippen molar-refractivity contribution in [2.24, 2.45) is 5.73 Å². The minimum Gasteiger partial charge on any atom is -0.507 e. The number of nitrogens with two attached hydrogens (primary N) is 1. The van der Waals surface area contributed by atoms with Crippen LogP contribution in [0.5, 0.6) is 5.75 Å². The quantitative estimate of drug-likeness (QED) is 0.732. The fourth-order valence-electron chi connectivity index (χ4n) is 1.34. The second kappa shape index (κ2) is 4.89. The number of alkyl halides is 2. The third-order valence-electron chi connectivity index (χ3n) is 2.22. The lowest BCUT2D eigenvalue weighted by Gasteiger charge is -2.12. The molecule has 0 radical (unpaired) electrons. The smallest absolute Gasteiger partial charge is 0.312 e. The molecule has 0 aliphatic carbocycles. The predicted octanol–water partition coefficient (Wildman–Crippen LogP) is 1.46. The van der Waals surface area contributed by atoms with Crippen molar-refractivity contribution in [3.05, 3.63) is 29.3 Å². The fraction of sp³-hybridized carbons (Fsp3) is 0.300. The van der Waals surface area contributed by atoms with Crippen LogP contribution < -0.4 is 5.73 Å². The third kappa shape index (κ3) is 2.46. The van der Waals surface area contributed by atoms with Crippen LogP contribution >= 0.6 is 0 Å². The van der Waals surface area contributed by atoms with Gasteiger partial charge in [-0.1, -0.05) is 6.07 Å². The molecule has 0 aromatic heterocycles. The number of benzene rings is 1. The van der Waals surface area contributed by atoms with Crippen LogP contribution in [0.4, 0.5) is 8.78 Å². The Morgan fingerprint density at radius 3 is 2.50 bits per heavy atom. The minimum atomic E-state index is -2.85. The van der Waals surface area contributed by atoms with E-state index in [1.54, 1.807) is 0 Å². The molecule has 1 atom stereocenters. The summed E-state index contributed by atoms with van der Waals surface area (Å²) >= 11 is 0. The first-order chi connectivity index (χ1) is 7.47. The highest BCUT2D eigenvalue weighted by Gasteiger charge is 2.21. The van der Waals surface area contributed by atoms with Crippen LogP contribution in [0.25, 0.3) is 0 Å². The van der Waals surface area contributed by atoms with E-state index in [1.165, 1.54) is 6.07 Å². The molecule has 1 aromatic carbocycles. The number of carboxylic acid groups (broad SMARTS) is 1. The number of phenolic OH excluding ortho intramolecular Hbond substituents is 1. The van der Waals surface area contributed by atoms with Crippen molar-refractivity contribution in [1.29, 1.82) is 0 Å². The summed E-state index contributed by atoms with van der Waals surface area (Å²) in [7, 11) is 0. The van der Waals surface area contributed by atoms with Gasteiger partial charge < -0.3 is 15.9 Å². The number of halogens is 2. The Labute approximate surface area is 90.3 Å². The number of hydrogen-bond donors (Lipinski definition) is 3. The van der Waals surface area contributed by atoms with E-state index >= 15 is 0 Å². The van der Waals surface area contributed by atoms with Gasteiger partial charge >= 0.3 is 5.97 Å². The number of aliphatic carboxylic acids is 1. The standard InChI is InChI=1S/C10H11F2NO3/c11-9(12)6-3-5(1-2-8(6)14)7(4-13)10(15)16/h1-3,7,9,14H,4,13H2,(H,15,16). The lowest BCUT2D eigenvalue weighted by Crippen LogP contribution is -2.21. The fourth-order valence-corrected chi connectivity index (χ4v) is 1.34. The lowest BCUT2D eigenvalue weighted by atomic mass is 9.97. The maximum Gasteiger partial charge on any atom is 0.312 e. The average molecular weight is 231 g/mol. The number of rotatable bonds is 4. The molecule has 6 heteroatoms. The molecule has 0 heterocycles. The Morgan fingerprint density at radius 1 is 1.44 bits per heavy atom. The van der Waals surface area contributed by atoms with Crippen LogP contribution in [0.3, 0.4) is 0 Å². The number of hydrogen-bond acceptors (Lipinski definition) is 3. The molecular weight excluding hydrogens is 220 g/mol. The molecule has 1 unspecified atom stereocenters. The number of aromatic hydroxyl groups is 1. The third-order valence-corrected chi connectivity index (χ3v) is 2.22. The zero-order valence-electron chi connectivity index (χ0n) is 8.23. The van der Waals surface area contributed by atoms with Gasteiger partial charge in [0, 0.05) is 6.54 Å². The van der Waals surface area contributed by atoms with Gasteiger partial charge in [0.2, 0.25) is 0 Å². The average Bonchev–Trinajstić information content (AvgIpc) is 2.20. The molecule has 16 heavy (non-hydrogen) atoms. The molecule has 1 aromatic rings.